The fourth-order valence-corrected chi connectivity index (χ4v) is 5.41. The molecule has 0 aliphatic carbocycles. The lowest BCUT2D eigenvalue weighted by atomic mass is 9.97. The normalized spacial score (nSPS) is 22.6. The Balaban J connectivity index is 1.22. The summed E-state index contributed by atoms with van der Waals surface area (Å²) in [4.78, 5) is 15.6. The molecular formula is C25H27N7O. The number of hydrogen-bond acceptors (Lipinski definition) is 5. The molecule has 2 N–H and O–H groups in total. The first-order chi connectivity index (χ1) is 16.1. The molecule has 2 aliphatic rings. The molecule has 8 heteroatoms. The van der Waals surface area contributed by atoms with Gasteiger partial charge in [0, 0.05) is 29.1 Å². The Morgan fingerprint density at radius 2 is 1.91 bits per heavy atom. The number of carbonyl (C=O) groups excluding carboxylic acids is 1. The highest BCUT2D eigenvalue weighted by atomic mass is 16.2. The smallest absolute Gasteiger partial charge is 0.272 e. The van der Waals surface area contributed by atoms with Gasteiger partial charge in [0.15, 0.2) is 5.69 Å². The largest absolute Gasteiger partial charge is 0.348 e. The quantitative estimate of drug-likeness (QED) is 0.496. The Morgan fingerprint density at radius 1 is 1.12 bits per heavy atom. The molecule has 1 amide bonds. The number of benzene rings is 2. The van der Waals surface area contributed by atoms with Gasteiger partial charge in [-0.05, 0) is 50.4 Å². The van der Waals surface area contributed by atoms with Crippen molar-refractivity contribution in [1.29, 1.82) is 0 Å². The van der Waals surface area contributed by atoms with Gasteiger partial charge in [-0.15, -0.1) is 5.10 Å². The number of hydrogen-bond donors (Lipinski definition) is 2. The van der Waals surface area contributed by atoms with Gasteiger partial charge in [0.1, 0.15) is 5.69 Å². The Kier molecular flexibility index (Phi) is 4.95. The maximum Gasteiger partial charge on any atom is 0.272 e. The number of piperidine rings is 1. The lowest BCUT2D eigenvalue weighted by Gasteiger charge is -2.36. The van der Waals surface area contributed by atoms with Gasteiger partial charge < -0.3 is 10.2 Å². The first-order valence-electron chi connectivity index (χ1n) is 11.6. The van der Waals surface area contributed by atoms with Crippen LogP contribution in [0.1, 0.15) is 41.7 Å². The number of nitrogens with one attached hydrogen (secondary N) is 2. The van der Waals surface area contributed by atoms with Crippen molar-refractivity contribution in [3.8, 4) is 11.3 Å². The second-order valence-electron chi connectivity index (χ2n) is 9.31. The van der Waals surface area contributed by atoms with Crippen LogP contribution >= 0.6 is 0 Å². The molecule has 8 nitrogen and oxygen atoms in total. The molecule has 0 radical (unpaired) electrons. The predicted octanol–water partition coefficient (Wildman–Crippen LogP) is 3.22. The van der Waals surface area contributed by atoms with Crippen molar-refractivity contribution in [2.24, 2.45) is 0 Å². The minimum atomic E-state index is -0.111. The van der Waals surface area contributed by atoms with Crippen LogP contribution in [-0.4, -0.2) is 61.2 Å². The van der Waals surface area contributed by atoms with Gasteiger partial charge in [-0.2, -0.15) is 5.10 Å². The van der Waals surface area contributed by atoms with Crippen molar-refractivity contribution >= 4 is 16.8 Å². The fourth-order valence-electron chi connectivity index (χ4n) is 5.41. The Morgan fingerprint density at radius 3 is 2.70 bits per heavy atom. The van der Waals surface area contributed by atoms with E-state index in [1.54, 1.807) is 0 Å². The molecule has 2 atom stereocenters. The van der Waals surface area contributed by atoms with Crippen LogP contribution in [-0.2, 0) is 6.54 Å². The van der Waals surface area contributed by atoms with Crippen molar-refractivity contribution in [2.75, 3.05) is 7.05 Å². The first kappa shape index (κ1) is 20.1. The molecule has 2 saturated heterocycles. The summed E-state index contributed by atoms with van der Waals surface area (Å²) in [5.74, 6) is -0.111. The highest BCUT2D eigenvalue weighted by Crippen LogP contribution is 2.34. The molecule has 0 saturated carbocycles. The van der Waals surface area contributed by atoms with E-state index in [0.717, 1.165) is 35.0 Å². The summed E-state index contributed by atoms with van der Waals surface area (Å²) in [7, 11) is 2.21. The molecule has 2 unspecified atom stereocenters. The van der Waals surface area contributed by atoms with Crippen molar-refractivity contribution in [1.82, 2.24) is 35.4 Å². The van der Waals surface area contributed by atoms with Crippen LogP contribution in [0.25, 0.3) is 22.2 Å². The van der Waals surface area contributed by atoms with Gasteiger partial charge in [-0.3, -0.25) is 9.89 Å². The van der Waals surface area contributed by atoms with E-state index in [9.17, 15) is 4.79 Å². The van der Waals surface area contributed by atoms with Gasteiger partial charge in [0.05, 0.1) is 18.3 Å². The van der Waals surface area contributed by atoms with E-state index < -0.39 is 0 Å². The molecule has 4 aromatic rings. The van der Waals surface area contributed by atoms with Crippen LogP contribution in [0.15, 0.2) is 54.7 Å². The van der Waals surface area contributed by atoms with E-state index >= 15 is 0 Å². The van der Waals surface area contributed by atoms with Gasteiger partial charge in [0.25, 0.3) is 5.91 Å². The summed E-state index contributed by atoms with van der Waals surface area (Å²) in [5.41, 5.74) is 4.13. The third kappa shape index (κ3) is 3.80. The van der Waals surface area contributed by atoms with E-state index in [4.69, 9.17) is 0 Å². The van der Waals surface area contributed by atoms with Gasteiger partial charge in [-0.1, -0.05) is 41.6 Å². The number of rotatable bonds is 5. The number of carbonyl (C=O) groups is 1. The zero-order chi connectivity index (χ0) is 22.4. The molecule has 2 aliphatic heterocycles. The Bertz CT molecular complexity index is 1280. The highest BCUT2D eigenvalue weighted by molar-refractivity contribution is 6.05. The van der Waals surface area contributed by atoms with Crippen molar-refractivity contribution in [3.05, 3.63) is 66.0 Å². The number of nitrogens with zero attached hydrogens (tertiary/aromatic N) is 5. The van der Waals surface area contributed by atoms with Gasteiger partial charge >= 0.3 is 0 Å². The molecule has 4 heterocycles. The van der Waals surface area contributed by atoms with Crippen LogP contribution in [0, 0.1) is 0 Å². The van der Waals surface area contributed by atoms with Gasteiger partial charge in [0.2, 0.25) is 0 Å². The minimum Gasteiger partial charge on any atom is -0.348 e. The second-order valence-corrected chi connectivity index (χ2v) is 9.31. The standard InChI is InChI=1S/C25H27N7O/c1-31-19-8-9-20(31)13-18(12-19)26-25(33)24-21-11-17(7-10-22(21)27-29-24)23-15-32(30-28-23)14-16-5-3-2-4-6-16/h2-7,10-11,15,18-20H,8-9,12-14H2,1H3,(H,26,33)(H,27,29). The summed E-state index contributed by atoms with van der Waals surface area (Å²) in [5, 5.41) is 20.0. The highest BCUT2D eigenvalue weighted by Gasteiger charge is 2.39. The van der Waals surface area contributed by atoms with Crippen LogP contribution in [0.5, 0.6) is 0 Å². The first-order valence-corrected chi connectivity index (χ1v) is 11.6. The number of aromatic amines is 1. The summed E-state index contributed by atoms with van der Waals surface area (Å²) in [6, 6.07) is 17.4. The summed E-state index contributed by atoms with van der Waals surface area (Å²) in [6.45, 7) is 0.661. The average molecular weight is 442 g/mol. The van der Waals surface area contributed by atoms with E-state index in [1.165, 1.54) is 18.4 Å². The van der Waals surface area contributed by atoms with E-state index in [-0.39, 0.29) is 11.9 Å². The third-order valence-corrected chi connectivity index (χ3v) is 7.23. The van der Waals surface area contributed by atoms with Crippen LogP contribution in [0.3, 0.4) is 0 Å². The molecule has 0 spiro atoms. The summed E-state index contributed by atoms with van der Waals surface area (Å²) < 4.78 is 1.83. The zero-order valence-electron chi connectivity index (χ0n) is 18.6. The maximum absolute atomic E-state index is 13.1. The Labute approximate surface area is 192 Å². The van der Waals surface area contributed by atoms with E-state index in [0.29, 0.717) is 24.3 Å². The molecule has 33 heavy (non-hydrogen) atoms. The Hall–Kier alpha value is -3.52. The maximum atomic E-state index is 13.1. The van der Waals surface area contributed by atoms with E-state index in [1.807, 2.05) is 47.3 Å². The zero-order valence-corrected chi connectivity index (χ0v) is 18.6. The monoisotopic (exact) mass is 441 g/mol. The fraction of sp³-hybridized carbons (Fsp3) is 0.360. The van der Waals surface area contributed by atoms with Crippen LogP contribution in [0.2, 0.25) is 0 Å². The predicted molar refractivity (Wildman–Crippen MR) is 126 cm³/mol. The average Bonchev–Trinajstić information content (AvgIpc) is 3.51. The van der Waals surface area contributed by atoms with Crippen molar-refractivity contribution in [2.45, 2.75) is 50.4 Å². The third-order valence-electron chi connectivity index (χ3n) is 7.23. The SMILES string of the molecule is CN1C2CCC1CC(NC(=O)c1n[nH]c3ccc(-c4cn(Cc5ccccc5)nn4)cc13)C2. The van der Waals surface area contributed by atoms with E-state index in [2.05, 4.69) is 49.9 Å². The molecule has 2 fully saturated rings. The molecule has 2 bridgehead atoms. The molecule has 2 aromatic heterocycles. The minimum absolute atomic E-state index is 0.111. The number of amides is 1. The molecular weight excluding hydrogens is 414 g/mol. The second kappa shape index (κ2) is 8.12. The molecule has 2 aromatic carbocycles. The van der Waals surface area contributed by atoms with Crippen molar-refractivity contribution < 1.29 is 4.79 Å². The summed E-state index contributed by atoms with van der Waals surface area (Å²) >= 11 is 0. The topological polar surface area (TPSA) is 91.7 Å². The number of H-pyrrole nitrogens is 1. The van der Waals surface area contributed by atoms with Crippen molar-refractivity contribution in [3.63, 3.8) is 0 Å². The number of fused-ring (bicyclic) bond motifs is 3. The summed E-state index contributed by atoms with van der Waals surface area (Å²) in [6.07, 6.45) is 6.41. The lowest BCUT2D eigenvalue weighted by Crippen LogP contribution is -2.48. The molecule has 168 valence electrons. The van der Waals surface area contributed by atoms with Gasteiger partial charge in [-0.25, -0.2) is 4.68 Å². The lowest BCUT2D eigenvalue weighted by molar-refractivity contribution is 0.0879. The van der Waals surface area contributed by atoms with Crippen LogP contribution < -0.4 is 5.32 Å². The molecule has 6 rings (SSSR count). The number of aromatic nitrogens is 5. The van der Waals surface area contributed by atoms with Crippen LogP contribution in [0.4, 0.5) is 0 Å².